The number of rotatable bonds is 5. The van der Waals surface area contributed by atoms with Crippen molar-refractivity contribution in [3.8, 4) is 0 Å². The molecule has 3 atom stereocenters. The first-order valence-corrected chi connectivity index (χ1v) is 9.20. The van der Waals surface area contributed by atoms with E-state index in [0.29, 0.717) is 18.0 Å². The summed E-state index contributed by atoms with van der Waals surface area (Å²) in [7, 11) is 2.74. The molecule has 0 aromatic carbocycles. The van der Waals surface area contributed by atoms with Crippen molar-refractivity contribution in [1.29, 1.82) is 0 Å². The first-order valence-electron chi connectivity index (χ1n) is 9.20. The van der Waals surface area contributed by atoms with Crippen molar-refractivity contribution in [3.05, 3.63) is 11.8 Å². The molecule has 0 saturated carbocycles. The lowest BCUT2D eigenvalue weighted by Gasteiger charge is -2.29. The van der Waals surface area contributed by atoms with Crippen molar-refractivity contribution < 1.29 is 19.3 Å². The highest BCUT2D eigenvalue weighted by Crippen LogP contribution is 2.31. The fourth-order valence-corrected chi connectivity index (χ4v) is 3.53. The Morgan fingerprint density at radius 1 is 1.54 bits per heavy atom. The van der Waals surface area contributed by atoms with E-state index in [4.69, 9.17) is 9.36 Å². The van der Waals surface area contributed by atoms with Crippen LogP contribution in [0.15, 0.2) is 15.7 Å². The molecule has 0 radical (unpaired) electrons. The van der Waals surface area contributed by atoms with Gasteiger partial charge in [0, 0.05) is 18.6 Å². The Bertz CT molecular complexity index is 706. The van der Waals surface area contributed by atoms with E-state index in [1.165, 1.54) is 0 Å². The molecule has 0 spiro atoms. The highest BCUT2D eigenvalue weighted by molar-refractivity contribution is 6.97. The van der Waals surface area contributed by atoms with Gasteiger partial charge in [-0.3, -0.25) is 4.79 Å². The van der Waals surface area contributed by atoms with E-state index in [1.807, 2.05) is 41.5 Å². The van der Waals surface area contributed by atoms with Gasteiger partial charge in [0.25, 0.3) is 0 Å². The summed E-state index contributed by atoms with van der Waals surface area (Å²) in [6.07, 6.45) is -0.163. The summed E-state index contributed by atoms with van der Waals surface area (Å²) in [6.45, 7) is 7.95. The SMILES string of the molecule is BBc1cc(C(C(=O)N2CC(O)CC2C2=NOC(C)(C)N2)C(C)C)on1. The minimum atomic E-state index is -0.615. The molecular formula is C16H26B2N4O4. The average molecular weight is 360 g/mol. The first-order chi connectivity index (χ1) is 12.2. The zero-order chi connectivity index (χ0) is 19.1. The molecule has 1 fully saturated rings. The van der Waals surface area contributed by atoms with Gasteiger partial charge in [0.15, 0.2) is 5.84 Å². The maximum atomic E-state index is 13.4. The number of hydrogen-bond donors (Lipinski definition) is 2. The molecule has 1 aromatic heterocycles. The van der Waals surface area contributed by atoms with Crippen molar-refractivity contribution in [2.45, 2.75) is 57.9 Å². The van der Waals surface area contributed by atoms with Gasteiger partial charge in [0.2, 0.25) is 11.6 Å². The maximum absolute atomic E-state index is 13.4. The number of nitrogens with one attached hydrogen (secondary N) is 1. The smallest absolute Gasteiger partial charge is 0.234 e. The van der Waals surface area contributed by atoms with E-state index in [0.717, 1.165) is 12.8 Å². The number of aromatic nitrogens is 1. The highest BCUT2D eigenvalue weighted by Gasteiger charge is 2.45. The molecule has 8 nitrogen and oxygen atoms in total. The van der Waals surface area contributed by atoms with Crippen LogP contribution in [0, 0.1) is 5.92 Å². The molecular weight excluding hydrogens is 334 g/mol. The number of β-amino-alcohol motifs (C(OH)–C–C–N with tert-alkyl or cyclic N) is 1. The summed E-state index contributed by atoms with van der Waals surface area (Å²) >= 11 is 0. The Morgan fingerprint density at radius 2 is 2.27 bits per heavy atom. The lowest BCUT2D eigenvalue weighted by molar-refractivity contribution is -0.134. The number of oxime groups is 1. The summed E-state index contributed by atoms with van der Waals surface area (Å²) in [4.78, 5) is 20.4. The summed E-state index contributed by atoms with van der Waals surface area (Å²) in [5.41, 5.74) is 0.212. The molecule has 3 unspecified atom stereocenters. The predicted octanol–water partition coefficient (Wildman–Crippen LogP) is -1.34. The van der Waals surface area contributed by atoms with Gasteiger partial charge >= 0.3 is 0 Å². The summed E-state index contributed by atoms with van der Waals surface area (Å²) in [5.74, 6) is 0.639. The number of aliphatic hydroxyl groups excluding tert-OH is 1. The van der Waals surface area contributed by atoms with Crippen molar-refractivity contribution in [2.75, 3.05) is 6.54 Å². The lowest BCUT2D eigenvalue weighted by Crippen LogP contribution is -2.50. The van der Waals surface area contributed by atoms with Gasteiger partial charge in [0.1, 0.15) is 18.8 Å². The number of carbonyl (C=O) groups excluding carboxylic acids is 1. The minimum Gasteiger partial charge on any atom is -0.391 e. The van der Waals surface area contributed by atoms with Crippen molar-refractivity contribution in [1.82, 2.24) is 15.4 Å². The van der Waals surface area contributed by atoms with Crippen LogP contribution in [0.1, 0.15) is 45.8 Å². The Morgan fingerprint density at radius 3 is 2.81 bits per heavy atom. The topological polar surface area (TPSA) is 100 Å². The van der Waals surface area contributed by atoms with Crippen molar-refractivity contribution >= 4 is 32.2 Å². The summed E-state index contributed by atoms with van der Waals surface area (Å²) in [5, 5.41) is 21.5. The average Bonchev–Trinajstić information content (AvgIpc) is 3.25. The van der Waals surface area contributed by atoms with Gasteiger partial charge < -0.3 is 24.7 Å². The predicted molar refractivity (Wildman–Crippen MR) is 101 cm³/mol. The zero-order valence-corrected chi connectivity index (χ0v) is 16.0. The molecule has 0 bridgehead atoms. The van der Waals surface area contributed by atoms with Crippen LogP contribution in [-0.4, -0.2) is 66.2 Å². The van der Waals surface area contributed by atoms with E-state index in [-0.39, 0.29) is 24.4 Å². The van der Waals surface area contributed by atoms with Gasteiger partial charge in [0.05, 0.1) is 19.9 Å². The van der Waals surface area contributed by atoms with E-state index in [9.17, 15) is 9.90 Å². The van der Waals surface area contributed by atoms with Crippen LogP contribution in [-0.2, 0) is 9.63 Å². The number of nitrogens with zero attached hydrogens (tertiary/aromatic N) is 3. The van der Waals surface area contributed by atoms with Crippen molar-refractivity contribution in [3.63, 3.8) is 0 Å². The molecule has 10 heteroatoms. The standard InChI is InChI=1S/C16H26B2N4O4/c1-8(2)13(11-6-12(18-17)20-25-11)15(24)22-7-9(23)5-10(22)14-19-16(3,4)26-21-14/h6,8-10,13,18,23H,5,7,17H2,1-4H3,(H,19,21). The molecule has 140 valence electrons. The molecule has 3 rings (SSSR count). The third-order valence-electron chi connectivity index (χ3n) is 4.86. The number of amidine groups is 1. The molecule has 3 heterocycles. The third kappa shape index (κ3) is 3.60. The molecule has 26 heavy (non-hydrogen) atoms. The number of aliphatic hydroxyl groups is 1. The van der Waals surface area contributed by atoms with Crippen LogP contribution < -0.4 is 10.9 Å². The van der Waals surface area contributed by atoms with Gasteiger partial charge in [-0.15, -0.1) is 0 Å². The van der Waals surface area contributed by atoms with E-state index in [2.05, 4.69) is 15.6 Å². The number of likely N-dealkylation sites (tertiary alicyclic amines) is 1. The van der Waals surface area contributed by atoms with E-state index in [1.54, 1.807) is 4.90 Å². The molecule has 0 aliphatic carbocycles. The van der Waals surface area contributed by atoms with Crippen molar-refractivity contribution in [2.24, 2.45) is 11.1 Å². The fraction of sp³-hybridized carbons (Fsp3) is 0.688. The highest BCUT2D eigenvalue weighted by atomic mass is 16.7. The molecule has 1 saturated heterocycles. The van der Waals surface area contributed by atoms with Crippen LogP contribution in [0.2, 0.25) is 0 Å². The van der Waals surface area contributed by atoms with E-state index < -0.39 is 17.7 Å². The Kier molecular flexibility index (Phi) is 5.05. The van der Waals surface area contributed by atoms with Crippen LogP contribution in [0.4, 0.5) is 0 Å². The number of amides is 1. The number of hydrogen-bond acceptors (Lipinski definition) is 7. The largest absolute Gasteiger partial charge is 0.391 e. The second-order valence-electron chi connectivity index (χ2n) is 7.89. The van der Waals surface area contributed by atoms with Gasteiger partial charge in [-0.05, 0) is 25.8 Å². The second kappa shape index (κ2) is 6.98. The summed E-state index contributed by atoms with van der Waals surface area (Å²) in [6, 6.07) is 1.51. The minimum absolute atomic E-state index is 0.0321. The molecule has 1 amide bonds. The van der Waals surface area contributed by atoms with E-state index >= 15 is 0 Å². The monoisotopic (exact) mass is 360 g/mol. The lowest BCUT2D eigenvalue weighted by atomic mass is 9.53. The Labute approximate surface area is 154 Å². The molecule has 1 aromatic rings. The molecule has 2 aliphatic rings. The van der Waals surface area contributed by atoms with Crippen LogP contribution in [0.3, 0.4) is 0 Å². The maximum Gasteiger partial charge on any atom is 0.234 e. The second-order valence-corrected chi connectivity index (χ2v) is 7.89. The van der Waals surface area contributed by atoms with Gasteiger partial charge in [-0.1, -0.05) is 24.2 Å². The third-order valence-corrected chi connectivity index (χ3v) is 4.86. The Balaban J connectivity index is 1.85. The van der Waals surface area contributed by atoms with Crippen LogP contribution >= 0.6 is 0 Å². The molecule has 2 N–H and O–H groups in total. The number of carbonyl (C=O) groups is 1. The summed E-state index contributed by atoms with van der Waals surface area (Å²) < 4.78 is 5.45. The zero-order valence-electron chi connectivity index (χ0n) is 16.0. The normalized spacial score (nSPS) is 25.6. The fourth-order valence-electron chi connectivity index (χ4n) is 3.53. The quantitative estimate of drug-likeness (QED) is 0.631. The van der Waals surface area contributed by atoms with Gasteiger partial charge in [-0.2, -0.15) is 0 Å². The molecule has 2 aliphatic heterocycles. The Hall–Kier alpha value is -1.96. The van der Waals surface area contributed by atoms with Crippen LogP contribution in [0.5, 0.6) is 0 Å². The van der Waals surface area contributed by atoms with Crippen LogP contribution in [0.25, 0.3) is 0 Å². The van der Waals surface area contributed by atoms with Gasteiger partial charge in [-0.25, -0.2) is 0 Å². The first kappa shape index (κ1) is 18.8.